The van der Waals surface area contributed by atoms with Crippen molar-refractivity contribution in [2.24, 2.45) is 0 Å². The number of anilines is 1. The van der Waals surface area contributed by atoms with E-state index in [4.69, 9.17) is 21.1 Å². The zero-order valence-corrected chi connectivity index (χ0v) is 19.2. The molecular formula is C20H22ClF2N3O5S. The van der Waals surface area contributed by atoms with Crippen LogP contribution in [0.25, 0.3) is 0 Å². The molecule has 1 aliphatic rings. The van der Waals surface area contributed by atoms with Gasteiger partial charge in [-0.25, -0.2) is 18.4 Å². The fourth-order valence-corrected chi connectivity index (χ4v) is 4.70. The van der Waals surface area contributed by atoms with Crippen molar-refractivity contribution in [2.75, 3.05) is 18.5 Å². The number of carbonyl (C=O) groups excluding carboxylic acids is 3. The Morgan fingerprint density at radius 3 is 2.41 bits per heavy atom. The number of hydrogen-bond donors (Lipinski definition) is 1. The van der Waals surface area contributed by atoms with Gasteiger partial charge in [0.05, 0.1) is 29.5 Å². The Balaban J connectivity index is 1.89. The Hall–Kier alpha value is -2.53. The first-order valence-electron chi connectivity index (χ1n) is 10.0. The van der Waals surface area contributed by atoms with Gasteiger partial charge in [-0.15, -0.1) is 11.3 Å². The predicted octanol–water partition coefficient (Wildman–Crippen LogP) is 4.71. The molecule has 1 N–H and O–H groups in total. The summed E-state index contributed by atoms with van der Waals surface area (Å²) in [6.45, 7) is 4.69. The number of esters is 2. The summed E-state index contributed by atoms with van der Waals surface area (Å²) in [5, 5.41) is 6.39. The number of carbonyl (C=O) groups is 3. The van der Waals surface area contributed by atoms with Gasteiger partial charge < -0.3 is 14.8 Å². The first-order valence-corrected chi connectivity index (χ1v) is 11.2. The summed E-state index contributed by atoms with van der Waals surface area (Å²) in [5.74, 6) is -1.97. The normalized spacial score (nSPS) is 13.3. The molecule has 0 aliphatic heterocycles. The van der Waals surface area contributed by atoms with E-state index in [2.05, 4.69) is 10.4 Å². The minimum absolute atomic E-state index is 0.0233. The molecule has 0 bridgehead atoms. The fourth-order valence-electron chi connectivity index (χ4n) is 3.22. The number of rotatable bonds is 9. The highest BCUT2D eigenvalue weighted by Gasteiger charge is 2.35. The molecule has 0 spiro atoms. The van der Waals surface area contributed by atoms with E-state index in [1.54, 1.807) is 20.8 Å². The van der Waals surface area contributed by atoms with Gasteiger partial charge in [0, 0.05) is 5.92 Å². The minimum Gasteiger partial charge on any atom is -0.462 e. The van der Waals surface area contributed by atoms with E-state index in [9.17, 15) is 23.2 Å². The highest BCUT2D eigenvalue weighted by molar-refractivity contribution is 7.18. The van der Waals surface area contributed by atoms with E-state index < -0.39 is 30.0 Å². The molecule has 2 aromatic heterocycles. The number of nitrogens with one attached hydrogen (secondary N) is 1. The number of nitrogens with zero attached hydrogens (tertiary/aromatic N) is 2. The number of alkyl halides is 2. The monoisotopic (exact) mass is 489 g/mol. The maximum absolute atomic E-state index is 13.2. The molecule has 3 rings (SSSR count). The molecule has 174 valence electrons. The van der Waals surface area contributed by atoms with E-state index in [-0.39, 0.29) is 46.1 Å². The molecule has 1 saturated carbocycles. The van der Waals surface area contributed by atoms with Gasteiger partial charge in [-0.1, -0.05) is 11.6 Å². The van der Waals surface area contributed by atoms with Crippen LogP contribution in [0.3, 0.4) is 0 Å². The van der Waals surface area contributed by atoms with Gasteiger partial charge >= 0.3 is 11.9 Å². The van der Waals surface area contributed by atoms with Gasteiger partial charge in [-0.3, -0.25) is 9.48 Å². The average molecular weight is 490 g/mol. The number of thiophene rings is 1. The molecule has 32 heavy (non-hydrogen) atoms. The maximum Gasteiger partial charge on any atom is 0.348 e. The molecule has 1 aliphatic carbocycles. The van der Waals surface area contributed by atoms with Crippen LogP contribution >= 0.6 is 22.9 Å². The molecule has 0 saturated heterocycles. The number of ether oxygens (including phenoxy) is 2. The van der Waals surface area contributed by atoms with Crippen molar-refractivity contribution in [2.45, 2.75) is 52.5 Å². The van der Waals surface area contributed by atoms with Crippen molar-refractivity contribution in [3.63, 3.8) is 0 Å². The molecule has 1 amide bonds. The molecule has 2 aromatic rings. The summed E-state index contributed by atoms with van der Waals surface area (Å²) < 4.78 is 37.7. The lowest BCUT2D eigenvalue weighted by Crippen LogP contribution is -2.21. The van der Waals surface area contributed by atoms with Crippen LogP contribution in [0.5, 0.6) is 0 Å². The van der Waals surface area contributed by atoms with E-state index in [0.29, 0.717) is 11.3 Å². The van der Waals surface area contributed by atoms with Gasteiger partial charge in [0.15, 0.2) is 0 Å². The molecule has 0 unspecified atom stereocenters. The summed E-state index contributed by atoms with van der Waals surface area (Å²) in [6.07, 6.45) is -1.32. The van der Waals surface area contributed by atoms with Crippen LogP contribution in [-0.2, 0) is 20.8 Å². The topological polar surface area (TPSA) is 99.5 Å². The molecule has 0 aromatic carbocycles. The Morgan fingerprint density at radius 1 is 1.22 bits per heavy atom. The van der Waals surface area contributed by atoms with Gasteiger partial charge in [-0.05, 0) is 39.2 Å². The Morgan fingerprint density at radius 2 is 1.84 bits per heavy atom. The largest absolute Gasteiger partial charge is 0.462 e. The van der Waals surface area contributed by atoms with Crippen LogP contribution < -0.4 is 5.32 Å². The van der Waals surface area contributed by atoms with Crippen LogP contribution in [-0.4, -0.2) is 40.8 Å². The molecule has 1 fully saturated rings. The summed E-state index contributed by atoms with van der Waals surface area (Å²) in [6, 6.07) is 0. The first-order chi connectivity index (χ1) is 15.2. The SMILES string of the molecule is CCOC(=O)c1sc(NC(=O)Cn2nc(C(F)F)c(Cl)c2C2CC2)c(C(=O)OCC)c1C. The third kappa shape index (κ3) is 4.93. The van der Waals surface area contributed by atoms with Gasteiger partial charge in [0.1, 0.15) is 22.1 Å². The van der Waals surface area contributed by atoms with E-state index in [1.807, 2.05) is 0 Å². The van der Waals surface area contributed by atoms with Crippen molar-refractivity contribution in [1.29, 1.82) is 0 Å². The molecule has 8 nitrogen and oxygen atoms in total. The summed E-state index contributed by atoms with van der Waals surface area (Å²) in [5.41, 5.74) is 0.202. The number of halogens is 3. The lowest BCUT2D eigenvalue weighted by molar-refractivity contribution is -0.116. The Kier molecular flexibility index (Phi) is 7.50. The molecule has 0 atom stereocenters. The zero-order chi connectivity index (χ0) is 23.6. The second kappa shape index (κ2) is 9.95. The van der Waals surface area contributed by atoms with E-state index in [0.717, 1.165) is 24.2 Å². The summed E-state index contributed by atoms with van der Waals surface area (Å²) >= 11 is 6.97. The lowest BCUT2D eigenvalue weighted by atomic mass is 10.1. The smallest absolute Gasteiger partial charge is 0.348 e. The van der Waals surface area contributed by atoms with Crippen LogP contribution in [0.1, 0.15) is 76.0 Å². The molecular weight excluding hydrogens is 468 g/mol. The third-order valence-electron chi connectivity index (χ3n) is 4.76. The zero-order valence-electron chi connectivity index (χ0n) is 17.7. The fraction of sp³-hybridized carbons (Fsp3) is 0.500. The van der Waals surface area contributed by atoms with Crippen molar-refractivity contribution in [3.8, 4) is 0 Å². The average Bonchev–Trinajstić information content (AvgIpc) is 3.42. The standard InChI is InChI=1S/C20H22ClF2N3O5S/c1-4-30-19(28)12-9(3)16(20(29)31-5-2)32-18(12)24-11(27)8-26-15(10-6-7-10)13(21)14(25-26)17(22)23/h10,17H,4-8H2,1-3H3,(H,24,27). The van der Waals surface area contributed by atoms with Gasteiger partial charge in [0.25, 0.3) is 6.43 Å². The quantitative estimate of drug-likeness (QED) is 0.512. The second-order valence-electron chi connectivity index (χ2n) is 7.07. The van der Waals surface area contributed by atoms with Crippen molar-refractivity contribution in [1.82, 2.24) is 9.78 Å². The van der Waals surface area contributed by atoms with Crippen LogP contribution in [0, 0.1) is 6.92 Å². The highest BCUT2D eigenvalue weighted by Crippen LogP contribution is 2.45. The van der Waals surface area contributed by atoms with Gasteiger partial charge in [-0.2, -0.15) is 5.10 Å². The van der Waals surface area contributed by atoms with Crippen LogP contribution in [0.2, 0.25) is 5.02 Å². The van der Waals surface area contributed by atoms with Crippen LogP contribution in [0.15, 0.2) is 0 Å². The molecule has 2 heterocycles. The van der Waals surface area contributed by atoms with Gasteiger partial charge in [0.2, 0.25) is 5.91 Å². The third-order valence-corrected chi connectivity index (χ3v) is 6.34. The van der Waals surface area contributed by atoms with E-state index >= 15 is 0 Å². The van der Waals surface area contributed by atoms with Crippen molar-refractivity contribution < 1.29 is 32.6 Å². The number of aromatic nitrogens is 2. The molecule has 0 radical (unpaired) electrons. The van der Waals surface area contributed by atoms with E-state index in [1.165, 1.54) is 4.68 Å². The maximum atomic E-state index is 13.2. The molecule has 12 heteroatoms. The Bertz CT molecular complexity index is 1050. The number of hydrogen-bond acceptors (Lipinski definition) is 7. The summed E-state index contributed by atoms with van der Waals surface area (Å²) in [4.78, 5) is 37.6. The highest BCUT2D eigenvalue weighted by atomic mass is 35.5. The first kappa shape index (κ1) is 24.1. The Labute approximate surface area is 191 Å². The minimum atomic E-state index is -2.87. The second-order valence-corrected chi connectivity index (χ2v) is 8.47. The predicted molar refractivity (Wildman–Crippen MR) is 114 cm³/mol. The number of amides is 1. The van der Waals surface area contributed by atoms with Crippen molar-refractivity contribution >= 4 is 45.8 Å². The van der Waals surface area contributed by atoms with Crippen molar-refractivity contribution in [3.05, 3.63) is 32.4 Å². The summed E-state index contributed by atoms with van der Waals surface area (Å²) in [7, 11) is 0. The van der Waals surface area contributed by atoms with Crippen LogP contribution in [0.4, 0.5) is 13.8 Å². The lowest BCUT2D eigenvalue weighted by Gasteiger charge is -2.09.